The molecule has 1 fully saturated rings. The van der Waals surface area contributed by atoms with Crippen LogP contribution in [0.2, 0.25) is 0 Å². The van der Waals surface area contributed by atoms with E-state index >= 15 is 0 Å². The van der Waals surface area contributed by atoms with Crippen LogP contribution in [-0.4, -0.2) is 48.9 Å². The summed E-state index contributed by atoms with van der Waals surface area (Å²) in [4.78, 5) is 9.31. The number of nitrogens with one attached hydrogen (secondary N) is 2. The molecule has 1 aliphatic heterocycles. The molecule has 0 saturated carbocycles. The van der Waals surface area contributed by atoms with E-state index in [1.54, 1.807) is 7.11 Å². The smallest absolute Gasteiger partial charge is 0.165 e. The number of aromatic nitrogens is 2. The number of hydrogen-bond donors (Lipinski definition) is 3. The molecule has 2 atom stereocenters. The van der Waals surface area contributed by atoms with Crippen LogP contribution in [0.5, 0.6) is 0 Å². The minimum atomic E-state index is -0.311. The van der Waals surface area contributed by atoms with E-state index in [0.717, 1.165) is 30.5 Å². The first-order valence-electron chi connectivity index (χ1n) is 8.03. The zero-order chi connectivity index (χ0) is 16.4. The van der Waals surface area contributed by atoms with E-state index in [0.29, 0.717) is 24.4 Å². The monoisotopic (exact) mass is 321 g/mol. The summed E-state index contributed by atoms with van der Waals surface area (Å²) in [5.74, 6) is -0.311. The van der Waals surface area contributed by atoms with Crippen molar-refractivity contribution in [3.8, 4) is 0 Å². The Balaban J connectivity index is 1.98. The first kappa shape index (κ1) is 16.0. The third-order valence-corrected chi connectivity index (χ3v) is 4.39. The molecule has 2 aromatic rings. The summed E-state index contributed by atoms with van der Waals surface area (Å²) in [6, 6.07) is 0.0789. The summed E-state index contributed by atoms with van der Waals surface area (Å²) in [6.07, 6.45) is 5.12. The van der Waals surface area contributed by atoms with Crippen molar-refractivity contribution in [2.45, 2.75) is 31.9 Å². The highest BCUT2D eigenvalue weighted by atomic mass is 19.1. The number of anilines is 2. The molecule has 1 unspecified atom stereocenters. The fourth-order valence-corrected chi connectivity index (χ4v) is 3.05. The molecule has 126 valence electrons. The SMILES string of the molecule is COC(C)CNc1c[nH]c2ncc(F)c(N3CCC[C@@H](N)C3)c12. The lowest BCUT2D eigenvalue weighted by molar-refractivity contribution is 0.129. The summed E-state index contributed by atoms with van der Waals surface area (Å²) in [5.41, 5.74) is 8.16. The lowest BCUT2D eigenvalue weighted by atomic mass is 10.1. The summed E-state index contributed by atoms with van der Waals surface area (Å²) < 4.78 is 19.8. The molecule has 0 bridgehead atoms. The van der Waals surface area contributed by atoms with Crippen LogP contribution in [-0.2, 0) is 4.74 Å². The third-order valence-electron chi connectivity index (χ3n) is 4.39. The predicted molar refractivity (Wildman–Crippen MR) is 90.4 cm³/mol. The molecule has 0 aromatic carbocycles. The highest BCUT2D eigenvalue weighted by molar-refractivity contribution is 6.00. The van der Waals surface area contributed by atoms with Gasteiger partial charge in [-0.25, -0.2) is 9.37 Å². The Morgan fingerprint density at radius 1 is 1.61 bits per heavy atom. The number of H-pyrrole nitrogens is 1. The van der Waals surface area contributed by atoms with Crippen LogP contribution < -0.4 is 16.0 Å². The van der Waals surface area contributed by atoms with E-state index in [2.05, 4.69) is 15.3 Å². The molecule has 0 spiro atoms. The second-order valence-electron chi connectivity index (χ2n) is 6.16. The quantitative estimate of drug-likeness (QED) is 0.786. The standard InChI is InChI=1S/C16H24FN5O/c1-10(23-2)6-19-13-8-21-16-14(13)15(12(17)7-20-16)22-5-3-4-11(18)9-22/h7-8,10-11,19H,3-6,9,18H2,1-2H3,(H,20,21)/t10?,11-/m1/s1. The van der Waals surface area contributed by atoms with Crippen LogP contribution in [0.3, 0.4) is 0 Å². The van der Waals surface area contributed by atoms with Gasteiger partial charge in [0.1, 0.15) is 5.65 Å². The van der Waals surface area contributed by atoms with Crippen molar-refractivity contribution in [1.29, 1.82) is 0 Å². The number of aromatic amines is 1. The van der Waals surface area contributed by atoms with Gasteiger partial charge in [-0.15, -0.1) is 0 Å². The van der Waals surface area contributed by atoms with E-state index in [-0.39, 0.29) is 18.0 Å². The van der Waals surface area contributed by atoms with Crippen molar-refractivity contribution in [2.24, 2.45) is 5.73 Å². The first-order chi connectivity index (χ1) is 11.1. The van der Waals surface area contributed by atoms with Crippen molar-refractivity contribution in [3.05, 3.63) is 18.2 Å². The highest BCUT2D eigenvalue weighted by Gasteiger charge is 2.24. The van der Waals surface area contributed by atoms with Gasteiger partial charge in [0.15, 0.2) is 5.82 Å². The molecule has 23 heavy (non-hydrogen) atoms. The number of piperidine rings is 1. The zero-order valence-electron chi connectivity index (χ0n) is 13.6. The Kier molecular flexibility index (Phi) is 4.68. The van der Waals surface area contributed by atoms with Crippen molar-refractivity contribution >= 4 is 22.4 Å². The Bertz CT molecular complexity index is 674. The molecular weight excluding hydrogens is 297 g/mol. The van der Waals surface area contributed by atoms with Crippen LogP contribution in [0.25, 0.3) is 11.0 Å². The maximum atomic E-state index is 14.5. The number of nitrogens with two attached hydrogens (primary N) is 1. The normalized spacial score (nSPS) is 20.0. The number of hydrogen-bond acceptors (Lipinski definition) is 5. The Hall–Kier alpha value is -1.86. The van der Waals surface area contributed by atoms with Gasteiger partial charge in [-0.3, -0.25) is 0 Å². The van der Waals surface area contributed by atoms with Crippen molar-refractivity contribution in [3.63, 3.8) is 0 Å². The Morgan fingerprint density at radius 2 is 2.43 bits per heavy atom. The van der Waals surface area contributed by atoms with Gasteiger partial charge in [-0.2, -0.15) is 0 Å². The number of pyridine rings is 1. The van der Waals surface area contributed by atoms with Crippen molar-refractivity contribution < 1.29 is 9.13 Å². The van der Waals surface area contributed by atoms with Crippen LogP contribution >= 0.6 is 0 Å². The van der Waals surface area contributed by atoms with E-state index in [9.17, 15) is 4.39 Å². The summed E-state index contributed by atoms with van der Waals surface area (Å²) in [7, 11) is 1.67. The van der Waals surface area contributed by atoms with Crippen molar-refractivity contribution in [2.75, 3.05) is 37.0 Å². The number of nitrogens with zero attached hydrogens (tertiary/aromatic N) is 2. The summed E-state index contributed by atoms with van der Waals surface area (Å²) in [5, 5.41) is 4.10. The van der Waals surface area contributed by atoms with Crippen molar-refractivity contribution in [1.82, 2.24) is 9.97 Å². The molecular formula is C16H24FN5O. The minimum Gasteiger partial charge on any atom is -0.381 e. The van der Waals surface area contributed by atoms with Gasteiger partial charge in [-0.1, -0.05) is 0 Å². The molecule has 1 saturated heterocycles. The van der Waals surface area contributed by atoms with Crippen LogP contribution in [0.15, 0.2) is 12.4 Å². The average Bonchev–Trinajstić information content (AvgIpc) is 2.95. The predicted octanol–water partition coefficient (Wildman–Crippen LogP) is 2.08. The van der Waals surface area contributed by atoms with E-state index in [4.69, 9.17) is 10.5 Å². The van der Waals surface area contributed by atoms with Crippen LogP contribution in [0.1, 0.15) is 19.8 Å². The fraction of sp³-hybridized carbons (Fsp3) is 0.562. The summed E-state index contributed by atoms with van der Waals surface area (Å²) >= 11 is 0. The average molecular weight is 321 g/mol. The molecule has 0 aliphatic carbocycles. The fourth-order valence-electron chi connectivity index (χ4n) is 3.05. The lowest BCUT2D eigenvalue weighted by Crippen LogP contribution is -2.43. The third kappa shape index (κ3) is 3.25. The number of halogens is 1. The van der Waals surface area contributed by atoms with Gasteiger partial charge in [0.25, 0.3) is 0 Å². The van der Waals surface area contributed by atoms with E-state index < -0.39 is 0 Å². The minimum absolute atomic E-state index is 0.0633. The number of fused-ring (bicyclic) bond motifs is 1. The molecule has 3 rings (SSSR count). The highest BCUT2D eigenvalue weighted by Crippen LogP contribution is 2.35. The Morgan fingerprint density at radius 3 is 3.17 bits per heavy atom. The molecule has 4 N–H and O–H groups in total. The van der Waals surface area contributed by atoms with Gasteiger partial charge in [0, 0.05) is 39.0 Å². The molecule has 0 amide bonds. The zero-order valence-corrected chi connectivity index (χ0v) is 13.6. The number of ether oxygens (including phenoxy) is 1. The second-order valence-corrected chi connectivity index (χ2v) is 6.16. The largest absolute Gasteiger partial charge is 0.381 e. The van der Waals surface area contributed by atoms with Crippen LogP contribution in [0, 0.1) is 5.82 Å². The first-order valence-corrected chi connectivity index (χ1v) is 8.03. The molecule has 0 radical (unpaired) electrons. The van der Waals surface area contributed by atoms with Gasteiger partial charge in [0.2, 0.25) is 0 Å². The maximum Gasteiger partial charge on any atom is 0.165 e. The molecule has 2 aromatic heterocycles. The summed E-state index contributed by atoms with van der Waals surface area (Å²) in [6.45, 7) is 4.09. The van der Waals surface area contributed by atoms with E-state index in [1.807, 2.05) is 18.0 Å². The second kappa shape index (κ2) is 6.72. The van der Waals surface area contributed by atoms with Gasteiger partial charge >= 0.3 is 0 Å². The molecule has 6 nitrogen and oxygen atoms in total. The topological polar surface area (TPSA) is 79.2 Å². The van der Waals surface area contributed by atoms with Gasteiger partial charge < -0.3 is 25.7 Å². The molecule has 3 heterocycles. The number of rotatable bonds is 5. The van der Waals surface area contributed by atoms with Gasteiger partial charge in [0.05, 0.1) is 29.1 Å². The van der Waals surface area contributed by atoms with Crippen LogP contribution in [0.4, 0.5) is 15.8 Å². The maximum absolute atomic E-state index is 14.5. The van der Waals surface area contributed by atoms with Gasteiger partial charge in [-0.05, 0) is 19.8 Å². The number of methoxy groups -OCH3 is 1. The molecule has 7 heteroatoms. The Labute approximate surface area is 135 Å². The van der Waals surface area contributed by atoms with E-state index in [1.165, 1.54) is 6.20 Å². The molecule has 1 aliphatic rings. The lowest BCUT2D eigenvalue weighted by Gasteiger charge is -2.33.